The molecule has 0 amide bonds. The highest BCUT2D eigenvalue weighted by Gasteiger charge is 2.06. The third kappa shape index (κ3) is 2.91. The standard InChI is InChI=1S/C14H15BrN2/c1-3-6-14-16-12(9-13(15)17-14)11-8-5-4-7-10(11)2/h4-5,7-9H,3,6H2,1-2H3. The number of halogens is 1. The van der Waals surface area contributed by atoms with Crippen LogP contribution < -0.4 is 0 Å². The summed E-state index contributed by atoms with van der Waals surface area (Å²) in [6.07, 6.45) is 1.97. The molecule has 2 aromatic rings. The average molecular weight is 291 g/mol. The second-order valence-corrected chi connectivity index (χ2v) is 4.87. The molecule has 17 heavy (non-hydrogen) atoms. The fourth-order valence-corrected chi connectivity index (χ4v) is 2.22. The van der Waals surface area contributed by atoms with Gasteiger partial charge in [0.1, 0.15) is 10.4 Å². The van der Waals surface area contributed by atoms with Crippen molar-refractivity contribution < 1.29 is 0 Å². The number of rotatable bonds is 3. The van der Waals surface area contributed by atoms with Gasteiger partial charge in [0, 0.05) is 12.0 Å². The van der Waals surface area contributed by atoms with Crippen LogP contribution in [0.4, 0.5) is 0 Å². The molecule has 2 nitrogen and oxygen atoms in total. The van der Waals surface area contributed by atoms with Gasteiger partial charge < -0.3 is 0 Å². The molecular weight excluding hydrogens is 276 g/mol. The molecule has 0 bridgehead atoms. The Hall–Kier alpha value is -1.22. The van der Waals surface area contributed by atoms with E-state index < -0.39 is 0 Å². The second kappa shape index (κ2) is 5.41. The largest absolute Gasteiger partial charge is 0.233 e. The molecule has 88 valence electrons. The van der Waals surface area contributed by atoms with Crippen molar-refractivity contribution in [2.75, 3.05) is 0 Å². The smallest absolute Gasteiger partial charge is 0.130 e. The summed E-state index contributed by atoms with van der Waals surface area (Å²) in [4.78, 5) is 9.00. The van der Waals surface area contributed by atoms with Crippen molar-refractivity contribution in [1.29, 1.82) is 0 Å². The zero-order valence-electron chi connectivity index (χ0n) is 10.1. The maximum atomic E-state index is 4.61. The van der Waals surface area contributed by atoms with E-state index in [2.05, 4.69) is 51.9 Å². The lowest BCUT2D eigenvalue weighted by molar-refractivity contribution is 0.831. The molecule has 0 unspecified atom stereocenters. The lowest BCUT2D eigenvalue weighted by Crippen LogP contribution is -1.97. The maximum Gasteiger partial charge on any atom is 0.130 e. The molecule has 0 N–H and O–H groups in total. The van der Waals surface area contributed by atoms with Crippen LogP contribution in [-0.4, -0.2) is 9.97 Å². The van der Waals surface area contributed by atoms with Crippen molar-refractivity contribution in [3.8, 4) is 11.3 Å². The summed E-state index contributed by atoms with van der Waals surface area (Å²) in [6, 6.07) is 10.3. The number of hydrogen-bond acceptors (Lipinski definition) is 2. The van der Waals surface area contributed by atoms with Crippen molar-refractivity contribution >= 4 is 15.9 Å². The highest BCUT2D eigenvalue weighted by atomic mass is 79.9. The molecule has 0 aliphatic rings. The summed E-state index contributed by atoms with van der Waals surface area (Å²) >= 11 is 3.45. The molecule has 0 atom stereocenters. The van der Waals surface area contributed by atoms with E-state index in [9.17, 15) is 0 Å². The van der Waals surface area contributed by atoms with Crippen molar-refractivity contribution in [2.45, 2.75) is 26.7 Å². The van der Waals surface area contributed by atoms with Crippen LogP contribution in [-0.2, 0) is 6.42 Å². The second-order valence-electron chi connectivity index (χ2n) is 4.06. The summed E-state index contributed by atoms with van der Waals surface area (Å²) in [6.45, 7) is 4.24. The highest BCUT2D eigenvalue weighted by molar-refractivity contribution is 9.10. The Bertz CT molecular complexity index is 523. The van der Waals surface area contributed by atoms with Gasteiger partial charge in [-0.2, -0.15) is 0 Å². The molecule has 0 saturated carbocycles. The summed E-state index contributed by atoms with van der Waals surface area (Å²) in [5, 5.41) is 0. The van der Waals surface area contributed by atoms with Gasteiger partial charge in [0.05, 0.1) is 5.69 Å². The van der Waals surface area contributed by atoms with E-state index in [4.69, 9.17) is 0 Å². The van der Waals surface area contributed by atoms with Gasteiger partial charge in [0.2, 0.25) is 0 Å². The third-order valence-electron chi connectivity index (χ3n) is 2.64. The number of aryl methyl sites for hydroxylation is 2. The first kappa shape index (κ1) is 12.2. The first-order chi connectivity index (χ1) is 8.20. The number of nitrogens with zero attached hydrogens (tertiary/aromatic N) is 2. The average Bonchev–Trinajstić information content (AvgIpc) is 2.29. The summed E-state index contributed by atoms with van der Waals surface area (Å²) < 4.78 is 0.856. The minimum atomic E-state index is 0.856. The Labute approximate surface area is 110 Å². The van der Waals surface area contributed by atoms with Crippen LogP contribution in [0.1, 0.15) is 24.7 Å². The lowest BCUT2D eigenvalue weighted by Gasteiger charge is -2.07. The van der Waals surface area contributed by atoms with Crippen LogP contribution in [0.15, 0.2) is 34.9 Å². The van der Waals surface area contributed by atoms with E-state index in [-0.39, 0.29) is 0 Å². The quantitative estimate of drug-likeness (QED) is 0.793. The van der Waals surface area contributed by atoms with Gasteiger partial charge in [-0.15, -0.1) is 0 Å². The van der Waals surface area contributed by atoms with Crippen molar-refractivity contribution in [2.24, 2.45) is 0 Å². The Morgan fingerprint density at radius 1 is 1.18 bits per heavy atom. The fraction of sp³-hybridized carbons (Fsp3) is 0.286. The van der Waals surface area contributed by atoms with Crippen LogP contribution in [0.3, 0.4) is 0 Å². The molecule has 1 aromatic heterocycles. The number of hydrogen-bond donors (Lipinski definition) is 0. The molecule has 0 aliphatic heterocycles. The first-order valence-corrected chi connectivity index (χ1v) is 6.59. The molecule has 3 heteroatoms. The van der Waals surface area contributed by atoms with Crippen molar-refractivity contribution in [3.63, 3.8) is 0 Å². The molecule has 1 aromatic carbocycles. The van der Waals surface area contributed by atoms with Crippen molar-refractivity contribution in [1.82, 2.24) is 9.97 Å². The third-order valence-corrected chi connectivity index (χ3v) is 3.04. The fourth-order valence-electron chi connectivity index (χ4n) is 1.80. The van der Waals surface area contributed by atoms with Gasteiger partial charge in [0.25, 0.3) is 0 Å². The van der Waals surface area contributed by atoms with E-state index >= 15 is 0 Å². The Kier molecular flexibility index (Phi) is 3.89. The monoisotopic (exact) mass is 290 g/mol. The minimum absolute atomic E-state index is 0.856. The van der Waals surface area contributed by atoms with Crippen LogP contribution in [0.2, 0.25) is 0 Å². The SMILES string of the molecule is CCCc1nc(Br)cc(-c2ccccc2C)n1. The van der Waals surface area contributed by atoms with Gasteiger partial charge in [-0.05, 0) is 40.9 Å². The maximum absolute atomic E-state index is 4.61. The topological polar surface area (TPSA) is 25.8 Å². The van der Waals surface area contributed by atoms with E-state index in [1.54, 1.807) is 0 Å². The zero-order valence-corrected chi connectivity index (χ0v) is 11.7. The summed E-state index contributed by atoms with van der Waals surface area (Å²) in [5.41, 5.74) is 3.40. The van der Waals surface area contributed by atoms with Crippen molar-refractivity contribution in [3.05, 3.63) is 46.3 Å². The number of benzene rings is 1. The van der Waals surface area contributed by atoms with E-state index in [0.717, 1.165) is 29.0 Å². The van der Waals surface area contributed by atoms with Crippen LogP contribution in [0, 0.1) is 6.92 Å². The molecular formula is C14H15BrN2. The zero-order chi connectivity index (χ0) is 12.3. The molecule has 0 aliphatic carbocycles. The normalized spacial score (nSPS) is 10.5. The Morgan fingerprint density at radius 2 is 1.94 bits per heavy atom. The molecule has 0 radical (unpaired) electrons. The van der Waals surface area contributed by atoms with Crippen LogP contribution in [0.5, 0.6) is 0 Å². The van der Waals surface area contributed by atoms with Crippen LogP contribution >= 0.6 is 15.9 Å². The van der Waals surface area contributed by atoms with Gasteiger partial charge in [0.15, 0.2) is 0 Å². The summed E-state index contributed by atoms with van der Waals surface area (Å²) in [5.74, 6) is 0.903. The molecule has 0 saturated heterocycles. The van der Waals surface area contributed by atoms with Gasteiger partial charge in [-0.3, -0.25) is 0 Å². The molecule has 1 heterocycles. The first-order valence-electron chi connectivity index (χ1n) is 5.80. The predicted octanol–water partition coefficient (Wildman–Crippen LogP) is 4.17. The predicted molar refractivity (Wildman–Crippen MR) is 73.9 cm³/mol. The van der Waals surface area contributed by atoms with E-state index in [1.165, 1.54) is 11.1 Å². The van der Waals surface area contributed by atoms with E-state index in [0.29, 0.717) is 0 Å². The molecule has 0 spiro atoms. The highest BCUT2D eigenvalue weighted by Crippen LogP contribution is 2.23. The van der Waals surface area contributed by atoms with Gasteiger partial charge >= 0.3 is 0 Å². The lowest BCUT2D eigenvalue weighted by atomic mass is 10.1. The summed E-state index contributed by atoms with van der Waals surface area (Å²) in [7, 11) is 0. The Morgan fingerprint density at radius 3 is 2.65 bits per heavy atom. The molecule has 0 fully saturated rings. The Balaban J connectivity index is 2.48. The molecule has 2 rings (SSSR count). The number of aromatic nitrogens is 2. The van der Waals surface area contributed by atoms with Gasteiger partial charge in [-0.25, -0.2) is 9.97 Å². The minimum Gasteiger partial charge on any atom is -0.233 e. The van der Waals surface area contributed by atoms with Gasteiger partial charge in [-0.1, -0.05) is 31.2 Å². The van der Waals surface area contributed by atoms with E-state index in [1.807, 2.05) is 18.2 Å². The van der Waals surface area contributed by atoms with Crippen LogP contribution in [0.25, 0.3) is 11.3 Å².